The number of hydrogen-bond acceptors (Lipinski definition) is 6. The Kier molecular flexibility index (Phi) is 5.35. The molecule has 164 valence electrons. The van der Waals surface area contributed by atoms with Crippen molar-refractivity contribution in [3.8, 4) is 11.3 Å². The molecule has 5 aromatic rings. The van der Waals surface area contributed by atoms with Crippen LogP contribution in [0, 0.1) is 5.82 Å². The summed E-state index contributed by atoms with van der Waals surface area (Å²) >= 11 is 0. The summed E-state index contributed by atoms with van der Waals surface area (Å²) in [7, 11) is 0. The van der Waals surface area contributed by atoms with Gasteiger partial charge >= 0.3 is 6.09 Å². The first-order chi connectivity index (χ1) is 16.1. The van der Waals surface area contributed by atoms with Crippen LogP contribution in [-0.4, -0.2) is 37.3 Å². The van der Waals surface area contributed by atoms with Crippen molar-refractivity contribution in [2.45, 2.75) is 13.3 Å². The van der Waals surface area contributed by atoms with Crippen LogP contribution in [0.4, 0.5) is 14.9 Å². The number of rotatable bonds is 5. The van der Waals surface area contributed by atoms with Crippen molar-refractivity contribution in [2.24, 2.45) is 0 Å². The second kappa shape index (κ2) is 8.62. The van der Waals surface area contributed by atoms with Crippen LogP contribution in [0.25, 0.3) is 27.9 Å². The smallest absolute Gasteiger partial charge is 0.411 e. The van der Waals surface area contributed by atoms with Gasteiger partial charge in [-0.1, -0.05) is 18.2 Å². The molecule has 0 bridgehead atoms. The fraction of sp³-hybridized carbons (Fsp3) is 0.125. The number of halogens is 1. The summed E-state index contributed by atoms with van der Waals surface area (Å²) < 4.78 is 21.0. The Morgan fingerprint density at radius 3 is 2.82 bits per heavy atom. The Morgan fingerprint density at radius 1 is 1.09 bits per heavy atom. The molecule has 0 aliphatic rings. The SMILES string of the molecule is CCOC(=O)Nc1ccc(-c2cnc3ncc(Cc4ccc5ncccc5c4)n3n2)cc1F. The van der Waals surface area contributed by atoms with E-state index in [-0.39, 0.29) is 12.3 Å². The zero-order valence-corrected chi connectivity index (χ0v) is 17.7. The number of amides is 1. The van der Waals surface area contributed by atoms with Crippen molar-refractivity contribution in [3.63, 3.8) is 0 Å². The Morgan fingerprint density at radius 2 is 1.97 bits per heavy atom. The number of nitrogens with zero attached hydrogens (tertiary/aromatic N) is 5. The molecule has 0 fully saturated rings. The lowest BCUT2D eigenvalue weighted by Gasteiger charge is -2.08. The molecule has 2 aromatic carbocycles. The van der Waals surface area contributed by atoms with Gasteiger partial charge in [0.25, 0.3) is 5.78 Å². The summed E-state index contributed by atoms with van der Waals surface area (Å²) in [5.74, 6) is -0.143. The maximum atomic E-state index is 14.5. The number of benzene rings is 2. The summed E-state index contributed by atoms with van der Waals surface area (Å²) in [6, 6.07) is 14.4. The van der Waals surface area contributed by atoms with Crippen LogP contribution in [0.2, 0.25) is 0 Å². The first kappa shape index (κ1) is 20.5. The summed E-state index contributed by atoms with van der Waals surface area (Å²) in [5, 5.41) is 8.06. The van der Waals surface area contributed by atoms with Crippen molar-refractivity contribution >= 4 is 28.5 Å². The molecule has 0 spiro atoms. The Balaban J connectivity index is 1.44. The summed E-state index contributed by atoms with van der Waals surface area (Å²) in [6.45, 7) is 1.87. The molecule has 0 aliphatic carbocycles. The summed E-state index contributed by atoms with van der Waals surface area (Å²) in [4.78, 5) is 24.6. The van der Waals surface area contributed by atoms with Crippen LogP contribution in [-0.2, 0) is 11.2 Å². The van der Waals surface area contributed by atoms with E-state index in [1.807, 2.05) is 24.3 Å². The van der Waals surface area contributed by atoms with Gasteiger partial charge in [0, 0.05) is 23.6 Å². The predicted molar refractivity (Wildman–Crippen MR) is 121 cm³/mol. The number of nitrogens with one attached hydrogen (secondary N) is 1. The number of fused-ring (bicyclic) bond motifs is 2. The number of hydrogen-bond donors (Lipinski definition) is 1. The van der Waals surface area contributed by atoms with E-state index in [1.165, 1.54) is 12.1 Å². The maximum absolute atomic E-state index is 14.5. The second-order valence-corrected chi connectivity index (χ2v) is 7.35. The van der Waals surface area contributed by atoms with Crippen molar-refractivity contribution in [1.82, 2.24) is 24.6 Å². The molecule has 33 heavy (non-hydrogen) atoms. The van der Waals surface area contributed by atoms with Gasteiger partial charge < -0.3 is 4.74 Å². The molecule has 3 heterocycles. The lowest BCUT2D eigenvalue weighted by Crippen LogP contribution is -2.14. The highest BCUT2D eigenvalue weighted by molar-refractivity contribution is 5.85. The third kappa shape index (κ3) is 4.20. The van der Waals surface area contributed by atoms with Gasteiger partial charge in [0.05, 0.1) is 35.9 Å². The lowest BCUT2D eigenvalue weighted by atomic mass is 10.1. The first-order valence-corrected chi connectivity index (χ1v) is 10.4. The number of pyridine rings is 1. The largest absolute Gasteiger partial charge is 0.450 e. The van der Waals surface area contributed by atoms with Crippen LogP contribution < -0.4 is 5.32 Å². The third-order valence-electron chi connectivity index (χ3n) is 5.13. The minimum atomic E-state index is -0.710. The molecule has 0 atom stereocenters. The molecule has 8 nitrogen and oxygen atoms in total. The van der Waals surface area contributed by atoms with Crippen LogP contribution >= 0.6 is 0 Å². The van der Waals surface area contributed by atoms with Gasteiger partial charge in [-0.15, -0.1) is 0 Å². The monoisotopic (exact) mass is 442 g/mol. The molecule has 1 N–H and O–H groups in total. The number of aromatic nitrogens is 5. The molecular weight excluding hydrogens is 423 g/mol. The average Bonchev–Trinajstić information content (AvgIpc) is 3.22. The standard InChI is InChI=1S/C24H19FN6O2/c1-2-33-24(32)29-21-8-6-17(12-19(21)25)22-14-28-23-27-13-18(31(23)30-22)11-15-5-7-20-16(10-15)4-3-9-26-20/h3-10,12-14H,2,11H2,1H3,(H,29,32). The highest BCUT2D eigenvalue weighted by Crippen LogP contribution is 2.23. The van der Waals surface area contributed by atoms with Crippen molar-refractivity contribution < 1.29 is 13.9 Å². The van der Waals surface area contributed by atoms with Crippen molar-refractivity contribution in [2.75, 3.05) is 11.9 Å². The first-order valence-electron chi connectivity index (χ1n) is 10.4. The topological polar surface area (TPSA) is 94.3 Å². The maximum Gasteiger partial charge on any atom is 0.411 e. The minimum Gasteiger partial charge on any atom is -0.450 e. The van der Waals surface area contributed by atoms with Gasteiger partial charge in [0.1, 0.15) is 11.5 Å². The van der Waals surface area contributed by atoms with Gasteiger partial charge in [-0.2, -0.15) is 5.10 Å². The predicted octanol–water partition coefficient (Wildman–Crippen LogP) is 4.64. The van der Waals surface area contributed by atoms with Crippen molar-refractivity contribution in [1.29, 1.82) is 0 Å². The minimum absolute atomic E-state index is 0.0281. The molecule has 0 saturated heterocycles. The van der Waals surface area contributed by atoms with E-state index in [0.29, 0.717) is 23.5 Å². The van der Waals surface area contributed by atoms with E-state index in [9.17, 15) is 9.18 Å². The molecule has 0 radical (unpaired) electrons. The van der Waals surface area contributed by atoms with E-state index < -0.39 is 11.9 Å². The lowest BCUT2D eigenvalue weighted by molar-refractivity contribution is 0.168. The van der Waals surface area contributed by atoms with Gasteiger partial charge in [-0.3, -0.25) is 10.3 Å². The quantitative estimate of drug-likeness (QED) is 0.426. The summed E-state index contributed by atoms with van der Waals surface area (Å²) in [6.07, 6.45) is 4.94. The van der Waals surface area contributed by atoms with E-state index >= 15 is 0 Å². The fourth-order valence-electron chi connectivity index (χ4n) is 3.57. The molecule has 0 saturated carbocycles. The van der Waals surface area contributed by atoms with Gasteiger partial charge in [-0.05, 0) is 42.8 Å². The second-order valence-electron chi connectivity index (χ2n) is 7.35. The van der Waals surface area contributed by atoms with E-state index in [1.54, 1.807) is 36.1 Å². The Bertz CT molecular complexity index is 1480. The zero-order valence-electron chi connectivity index (χ0n) is 17.7. The van der Waals surface area contributed by atoms with Crippen LogP contribution in [0.3, 0.4) is 0 Å². The number of carbonyl (C=O) groups is 1. The number of imidazole rings is 1. The molecular formula is C24H19FN6O2. The normalized spacial score (nSPS) is 11.1. The number of carbonyl (C=O) groups excluding carboxylic acids is 1. The van der Waals surface area contributed by atoms with E-state index in [4.69, 9.17) is 4.74 Å². The van der Waals surface area contributed by atoms with Gasteiger partial charge in [0.15, 0.2) is 0 Å². The van der Waals surface area contributed by atoms with E-state index in [2.05, 4.69) is 31.4 Å². The van der Waals surface area contributed by atoms with Crippen LogP contribution in [0.15, 0.2) is 67.1 Å². The van der Waals surface area contributed by atoms with Crippen LogP contribution in [0.1, 0.15) is 18.2 Å². The Labute approximate surface area is 188 Å². The summed E-state index contributed by atoms with van der Waals surface area (Å²) in [5.41, 5.74) is 3.90. The van der Waals surface area contributed by atoms with Crippen molar-refractivity contribution in [3.05, 3.63) is 84.2 Å². The highest BCUT2D eigenvalue weighted by Gasteiger charge is 2.13. The zero-order chi connectivity index (χ0) is 22.8. The highest BCUT2D eigenvalue weighted by atomic mass is 19.1. The van der Waals surface area contributed by atoms with E-state index in [0.717, 1.165) is 22.2 Å². The van der Waals surface area contributed by atoms with Gasteiger partial charge in [-0.25, -0.2) is 23.7 Å². The molecule has 0 unspecified atom stereocenters. The molecule has 9 heteroatoms. The molecule has 5 rings (SSSR count). The molecule has 1 amide bonds. The molecule has 3 aromatic heterocycles. The molecule has 0 aliphatic heterocycles. The number of anilines is 1. The fourth-order valence-corrected chi connectivity index (χ4v) is 3.57. The van der Waals surface area contributed by atoms with Crippen LogP contribution in [0.5, 0.6) is 0 Å². The third-order valence-corrected chi connectivity index (χ3v) is 5.13. The van der Waals surface area contributed by atoms with Gasteiger partial charge in [0.2, 0.25) is 0 Å². The average molecular weight is 442 g/mol. The Hall–Kier alpha value is -4.40. The number of ether oxygens (including phenoxy) is 1.